The van der Waals surface area contributed by atoms with E-state index in [4.69, 9.17) is 0 Å². The summed E-state index contributed by atoms with van der Waals surface area (Å²) >= 11 is 3.25. The topological polar surface area (TPSA) is 20.2 Å². The van der Waals surface area contributed by atoms with Gasteiger partial charge in [-0.1, -0.05) is 53.5 Å². The lowest BCUT2D eigenvalue weighted by Gasteiger charge is -2.07. The zero-order valence-electron chi connectivity index (χ0n) is 7.83. The van der Waals surface area contributed by atoms with Crippen molar-refractivity contribution < 1.29 is 5.11 Å². The number of halogens is 1. The van der Waals surface area contributed by atoms with E-state index in [1.807, 2.05) is 12.1 Å². The van der Waals surface area contributed by atoms with Gasteiger partial charge in [-0.25, -0.2) is 0 Å². The van der Waals surface area contributed by atoms with Gasteiger partial charge in [0.1, 0.15) is 0 Å². The second-order valence-electron chi connectivity index (χ2n) is 3.16. The number of aliphatic hydroxyl groups excluding tert-OH is 1. The summed E-state index contributed by atoms with van der Waals surface area (Å²) in [7, 11) is 0. The molecule has 0 amide bonds. The molecule has 1 nitrogen and oxygen atoms in total. The summed E-state index contributed by atoms with van der Waals surface area (Å²) < 4.78 is 0. The van der Waals surface area contributed by atoms with E-state index in [0.717, 1.165) is 12.0 Å². The number of rotatable bonds is 4. The zero-order valence-corrected chi connectivity index (χ0v) is 9.42. The molecule has 0 bridgehead atoms. The van der Waals surface area contributed by atoms with Gasteiger partial charge in [0.25, 0.3) is 0 Å². The highest BCUT2D eigenvalue weighted by Gasteiger charge is 2.03. The third-order valence-corrected chi connectivity index (χ3v) is 2.66. The maximum Gasteiger partial charge on any atom is 0.0886 e. The van der Waals surface area contributed by atoms with Gasteiger partial charge < -0.3 is 5.11 Å². The van der Waals surface area contributed by atoms with Crippen molar-refractivity contribution in [3.05, 3.63) is 35.4 Å². The van der Waals surface area contributed by atoms with E-state index >= 15 is 0 Å². The zero-order chi connectivity index (χ0) is 9.68. The van der Waals surface area contributed by atoms with E-state index in [-0.39, 0.29) is 6.10 Å². The Morgan fingerprint density at radius 2 is 1.92 bits per heavy atom. The average molecular weight is 243 g/mol. The summed E-state index contributed by atoms with van der Waals surface area (Å²) in [5.74, 6) is 0. The highest BCUT2D eigenvalue weighted by atomic mass is 79.9. The molecule has 0 heterocycles. The lowest BCUT2D eigenvalue weighted by Crippen LogP contribution is -1.97. The molecule has 0 saturated carbocycles. The lowest BCUT2D eigenvalue weighted by atomic mass is 10.1. The highest BCUT2D eigenvalue weighted by Crippen LogP contribution is 2.16. The summed E-state index contributed by atoms with van der Waals surface area (Å²) in [6.45, 7) is 2.17. The molecule has 1 rings (SSSR count). The van der Waals surface area contributed by atoms with Gasteiger partial charge in [-0.3, -0.25) is 0 Å². The fourth-order valence-electron chi connectivity index (χ4n) is 1.28. The first kappa shape index (κ1) is 10.7. The summed E-state index contributed by atoms with van der Waals surface area (Å²) in [5.41, 5.74) is 2.32. The van der Waals surface area contributed by atoms with Gasteiger partial charge >= 0.3 is 0 Å². The van der Waals surface area contributed by atoms with E-state index in [0.29, 0.717) is 5.33 Å². The van der Waals surface area contributed by atoms with Crippen LogP contribution in [-0.2, 0) is 6.42 Å². The van der Waals surface area contributed by atoms with Crippen molar-refractivity contribution in [3.63, 3.8) is 0 Å². The summed E-state index contributed by atoms with van der Waals surface area (Å²) in [6.07, 6.45) is 1.90. The molecule has 1 N–H and O–H groups in total. The molecule has 0 aliphatic carbocycles. The van der Waals surface area contributed by atoms with Gasteiger partial charge in [-0.15, -0.1) is 0 Å². The fraction of sp³-hybridized carbons (Fsp3) is 0.455. The Bertz CT molecular complexity index is 243. The van der Waals surface area contributed by atoms with Crippen molar-refractivity contribution in [2.45, 2.75) is 25.9 Å². The van der Waals surface area contributed by atoms with E-state index in [1.54, 1.807) is 0 Å². The normalized spacial score (nSPS) is 12.8. The SMILES string of the molecule is CCCc1ccc(C(O)CBr)cc1. The van der Waals surface area contributed by atoms with Gasteiger partial charge in [0, 0.05) is 5.33 Å². The second-order valence-corrected chi connectivity index (χ2v) is 3.81. The molecule has 72 valence electrons. The average Bonchev–Trinajstić information content (AvgIpc) is 2.18. The summed E-state index contributed by atoms with van der Waals surface area (Å²) in [4.78, 5) is 0. The first-order valence-electron chi connectivity index (χ1n) is 4.60. The Kier molecular flexibility index (Phi) is 4.46. The quantitative estimate of drug-likeness (QED) is 0.806. The van der Waals surface area contributed by atoms with E-state index in [2.05, 4.69) is 35.0 Å². The Balaban J connectivity index is 2.69. The number of benzene rings is 1. The standard InChI is InChI=1S/C11H15BrO/c1-2-3-9-4-6-10(7-5-9)11(13)8-12/h4-7,11,13H,2-3,8H2,1H3. The minimum atomic E-state index is -0.379. The molecule has 13 heavy (non-hydrogen) atoms. The first-order chi connectivity index (χ1) is 6.27. The molecule has 1 aromatic carbocycles. The van der Waals surface area contributed by atoms with Gasteiger partial charge in [0.15, 0.2) is 0 Å². The fourth-order valence-corrected chi connectivity index (χ4v) is 1.66. The van der Waals surface area contributed by atoms with Gasteiger partial charge in [0.2, 0.25) is 0 Å². The van der Waals surface area contributed by atoms with Crippen LogP contribution in [0.2, 0.25) is 0 Å². The molecule has 0 aliphatic heterocycles. The minimum absolute atomic E-state index is 0.379. The van der Waals surface area contributed by atoms with Crippen LogP contribution in [0, 0.1) is 0 Å². The maximum absolute atomic E-state index is 9.50. The molecule has 1 unspecified atom stereocenters. The van der Waals surface area contributed by atoms with Crippen molar-refractivity contribution in [2.24, 2.45) is 0 Å². The van der Waals surface area contributed by atoms with Crippen molar-refractivity contribution >= 4 is 15.9 Å². The van der Waals surface area contributed by atoms with Crippen molar-refractivity contribution in [1.82, 2.24) is 0 Å². The number of alkyl halides is 1. The Hall–Kier alpha value is -0.340. The minimum Gasteiger partial charge on any atom is -0.388 e. The van der Waals surface area contributed by atoms with Crippen molar-refractivity contribution in [1.29, 1.82) is 0 Å². The predicted molar refractivity (Wildman–Crippen MR) is 59.2 cm³/mol. The van der Waals surface area contributed by atoms with Crippen LogP contribution in [0.1, 0.15) is 30.6 Å². The van der Waals surface area contributed by atoms with Gasteiger partial charge in [-0.05, 0) is 17.5 Å². The summed E-state index contributed by atoms with van der Waals surface area (Å²) in [5, 5.41) is 10.1. The predicted octanol–water partition coefficient (Wildman–Crippen LogP) is 3.07. The van der Waals surface area contributed by atoms with E-state index in [1.165, 1.54) is 12.0 Å². The van der Waals surface area contributed by atoms with Crippen molar-refractivity contribution in [2.75, 3.05) is 5.33 Å². The molecule has 1 atom stereocenters. The number of aryl methyl sites for hydroxylation is 1. The number of hydrogen-bond donors (Lipinski definition) is 1. The monoisotopic (exact) mass is 242 g/mol. The smallest absolute Gasteiger partial charge is 0.0886 e. The Labute approximate surface area is 87.9 Å². The molecule has 0 spiro atoms. The van der Waals surface area contributed by atoms with Crippen LogP contribution in [0.5, 0.6) is 0 Å². The molecular weight excluding hydrogens is 228 g/mol. The molecule has 0 saturated heterocycles. The van der Waals surface area contributed by atoms with E-state index < -0.39 is 0 Å². The Morgan fingerprint density at radius 1 is 1.31 bits per heavy atom. The molecule has 0 radical (unpaired) electrons. The molecule has 0 fully saturated rings. The van der Waals surface area contributed by atoms with Gasteiger partial charge in [-0.2, -0.15) is 0 Å². The molecule has 2 heteroatoms. The van der Waals surface area contributed by atoms with Crippen molar-refractivity contribution in [3.8, 4) is 0 Å². The van der Waals surface area contributed by atoms with Crippen LogP contribution in [0.15, 0.2) is 24.3 Å². The van der Waals surface area contributed by atoms with Crippen LogP contribution in [-0.4, -0.2) is 10.4 Å². The third kappa shape index (κ3) is 3.12. The van der Waals surface area contributed by atoms with Crippen LogP contribution in [0.25, 0.3) is 0 Å². The number of hydrogen-bond acceptors (Lipinski definition) is 1. The second kappa shape index (κ2) is 5.40. The van der Waals surface area contributed by atoms with Gasteiger partial charge in [0.05, 0.1) is 6.10 Å². The molecule has 1 aromatic rings. The lowest BCUT2D eigenvalue weighted by molar-refractivity contribution is 0.205. The first-order valence-corrected chi connectivity index (χ1v) is 5.73. The molecular formula is C11H15BrO. The number of aliphatic hydroxyl groups is 1. The van der Waals surface area contributed by atoms with E-state index in [9.17, 15) is 5.11 Å². The highest BCUT2D eigenvalue weighted by molar-refractivity contribution is 9.09. The molecule has 0 aliphatic rings. The summed E-state index contributed by atoms with van der Waals surface area (Å²) in [6, 6.07) is 8.17. The van der Waals surface area contributed by atoms with Crippen LogP contribution in [0.3, 0.4) is 0 Å². The van der Waals surface area contributed by atoms with Crippen LogP contribution in [0.4, 0.5) is 0 Å². The molecule has 0 aromatic heterocycles. The maximum atomic E-state index is 9.50. The van der Waals surface area contributed by atoms with Crippen LogP contribution >= 0.6 is 15.9 Å². The largest absolute Gasteiger partial charge is 0.388 e. The van der Waals surface area contributed by atoms with Crippen LogP contribution < -0.4 is 0 Å². The third-order valence-electron chi connectivity index (χ3n) is 2.05. The Morgan fingerprint density at radius 3 is 2.38 bits per heavy atom.